The number of likely N-dealkylation sites (N-methyl/N-ethyl adjacent to an activating group) is 1. The van der Waals surface area contributed by atoms with Gasteiger partial charge in [0.1, 0.15) is 0 Å². The van der Waals surface area contributed by atoms with Gasteiger partial charge in [-0.15, -0.1) is 0 Å². The van der Waals surface area contributed by atoms with Crippen LogP contribution in [-0.2, 0) is 4.79 Å². The van der Waals surface area contributed by atoms with Crippen LogP contribution in [-0.4, -0.2) is 37.0 Å². The molecule has 0 saturated carbocycles. The molecule has 0 bridgehead atoms. The average Bonchev–Trinajstić information content (AvgIpc) is 2.86. The first-order chi connectivity index (χ1) is 8.25. The van der Waals surface area contributed by atoms with Crippen molar-refractivity contribution >= 4 is 5.91 Å². The van der Waals surface area contributed by atoms with Gasteiger partial charge in [-0.25, -0.2) is 0 Å². The third-order valence-corrected chi connectivity index (χ3v) is 3.72. The maximum absolute atomic E-state index is 11.9. The Bertz CT molecular complexity index is 212. The van der Waals surface area contributed by atoms with Crippen molar-refractivity contribution in [1.29, 1.82) is 0 Å². The van der Waals surface area contributed by atoms with E-state index in [1.807, 2.05) is 11.9 Å². The second-order valence-corrected chi connectivity index (χ2v) is 5.17. The predicted molar refractivity (Wildman–Crippen MR) is 72.0 cm³/mol. The van der Waals surface area contributed by atoms with Gasteiger partial charge in [0.25, 0.3) is 0 Å². The van der Waals surface area contributed by atoms with Crippen LogP contribution in [0.25, 0.3) is 0 Å². The predicted octanol–water partition coefficient (Wildman–Crippen LogP) is 2.56. The summed E-state index contributed by atoms with van der Waals surface area (Å²) in [6.07, 6.45) is 9.36. The van der Waals surface area contributed by atoms with Crippen molar-refractivity contribution in [1.82, 2.24) is 10.2 Å². The van der Waals surface area contributed by atoms with Crippen LogP contribution in [0.5, 0.6) is 0 Å². The highest BCUT2D eigenvalue weighted by Gasteiger charge is 2.22. The molecule has 0 aromatic heterocycles. The van der Waals surface area contributed by atoms with E-state index in [-0.39, 0.29) is 0 Å². The summed E-state index contributed by atoms with van der Waals surface area (Å²) in [7, 11) is 1.96. The van der Waals surface area contributed by atoms with E-state index in [0.29, 0.717) is 11.9 Å². The molecule has 1 amide bonds. The van der Waals surface area contributed by atoms with Crippen LogP contribution in [0.15, 0.2) is 0 Å². The molecule has 1 N–H and O–H groups in total. The van der Waals surface area contributed by atoms with Gasteiger partial charge in [-0.3, -0.25) is 4.79 Å². The largest absolute Gasteiger partial charge is 0.341 e. The number of hydrogen-bond donors (Lipinski definition) is 1. The normalized spacial score (nSPS) is 19.5. The molecule has 3 nitrogen and oxygen atoms in total. The van der Waals surface area contributed by atoms with Crippen LogP contribution in [0.2, 0.25) is 0 Å². The minimum Gasteiger partial charge on any atom is -0.341 e. The van der Waals surface area contributed by atoms with Crippen molar-refractivity contribution in [3.8, 4) is 0 Å². The molecule has 1 saturated heterocycles. The van der Waals surface area contributed by atoms with E-state index in [2.05, 4.69) is 12.2 Å². The van der Waals surface area contributed by atoms with Gasteiger partial charge in [0, 0.05) is 26.1 Å². The number of unbranched alkanes of at least 4 members (excludes halogenated alkanes) is 5. The van der Waals surface area contributed by atoms with E-state index in [1.54, 1.807) is 0 Å². The fourth-order valence-electron chi connectivity index (χ4n) is 2.41. The van der Waals surface area contributed by atoms with E-state index < -0.39 is 0 Å². The summed E-state index contributed by atoms with van der Waals surface area (Å²) < 4.78 is 0. The Balaban J connectivity index is 2.03. The highest BCUT2D eigenvalue weighted by Crippen LogP contribution is 2.11. The lowest BCUT2D eigenvalue weighted by atomic mass is 10.1. The van der Waals surface area contributed by atoms with Crippen molar-refractivity contribution in [3.05, 3.63) is 0 Å². The van der Waals surface area contributed by atoms with Gasteiger partial charge in [-0.2, -0.15) is 0 Å². The van der Waals surface area contributed by atoms with E-state index in [4.69, 9.17) is 0 Å². The van der Waals surface area contributed by atoms with E-state index in [9.17, 15) is 4.79 Å². The van der Waals surface area contributed by atoms with Gasteiger partial charge < -0.3 is 10.2 Å². The minimum absolute atomic E-state index is 0.328. The van der Waals surface area contributed by atoms with Gasteiger partial charge in [0.2, 0.25) is 5.91 Å². The Hall–Kier alpha value is -0.570. The molecule has 0 radical (unpaired) electrons. The van der Waals surface area contributed by atoms with Crippen molar-refractivity contribution < 1.29 is 4.79 Å². The number of carbonyl (C=O) groups excluding carboxylic acids is 1. The molecular formula is C14H28N2O. The fourth-order valence-corrected chi connectivity index (χ4v) is 2.41. The van der Waals surface area contributed by atoms with Crippen molar-refractivity contribution in [2.75, 3.05) is 20.1 Å². The standard InChI is InChI=1S/C14H28N2O/c1-3-4-5-6-7-8-9-14(17)16(2)13-10-11-15-12-13/h13,15H,3-12H2,1-2H3. The van der Waals surface area contributed by atoms with Crippen molar-refractivity contribution in [3.63, 3.8) is 0 Å². The first-order valence-corrected chi connectivity index (χ1v) is 7.22. The topological polar surface area (TPSA) is 32.3 Å². The molecule has 1 heterocycles. The molecule has 0 aromatic carbocycles. The molecule has 100 valence electrons. The number of amides is 1. The smallest absolute Gasteiger partial charge is 0.222 e. The number of nitrogens with zero attached hydrogens (tertiary/aromatic N) is 1. The zero-order valence-electron chi connectivity index (χ0n) is 11.5. The maximum Gasteiger partial charge on any atom is 0.222 e. The van der Waals surface area contributed by atoms with Gasteiger partial charge >= 0.3 is 0 Å². The minimum atomic E-state index is 0.328. The highest BCUT2D eigenvalue weighted by atomic mass is 16.2. The molecule has 3 heteroatoms. The molecule has 17 heavy (non-hydrogen) atoms. The van der Waals surface area contributed by atoms with Crippen LogP contribution in [0.4, 0.5) is 0 Å². The first kappa shape index (κ1) is 14.5. The van der Waals surface area contributed by atoms with Crippen LogP contribution >= 0.6 is 0 Å². The van der Waals surface area contributed by atoms with Gasteiger partial charge in [-0.1, -0.05) is 39.0 Å². The molecule has 0 aromatic rings. The van der Waals surface area contributed by atoms with Crippen LogP contribution in [0.3, 0.4) is 0 Å². The summed E-state index contributed by atoms with van der Waals surface area (Å²) in [4.78, 5) is 13.9. The quantitative estimate of drug-likeness (QED) is 0.661. The lowest BCUT2D eigenvalue weighted by molar-refractivity contribution is -0.131. The molecule has 1 unspecified atom stereocenters. The van der Waals surface area contributed by atoms with E-state index >= 15 is 0 Å². The van der Waals surface area contributed by atoms with Gasteiger partial charge in [0.15, 0.2) is 0 Å². The van der Waals surface area contributed by atoms with Crippen LogP contribution < -0.4 is 5.32 Å². The molecule has 1 atom stereocenters. The lowest BCUT2D eigenvalue weighted by Crippen LogP contribution is -2.38. The molecule has 0 aliphatic carbocycles. The molecular weight excluding hydrogens is 212 g/mol. The summed E-state index contributed by atoms with van der Waals surface area (Å²) in [5.74, 6) is 0.328. The lowest BCUT2D eigenvalue weighted by Gasteiger charge is -2.23. The number of nitrogens with one attached hydrogen (secondary N) is 1. The summed E-state index contributed by atoms with van der Waals surface area (Å²) in [6, 6.07) is 0.433. The zero-order chi connectivity index (χ0) is 12.5. The number of hydrogen-bond acceptors (Lipinski definition) is 2. The van der Waals surface area contributed by atoms with E-state index in [0.717, 1.165) is 32.4 Å². The molecule has 1 rings (SSSR count). The third-order valence-electron chi connectivity index (χ3n) is 3.72. The zero-order valence-corrected chi connectivity index (χ0v) is 11.5. The van der Waals surface area contributed by atoms with Crippen LogP contribution in [0, 0.1) is 0 Å². The average molecular weight is 240 g/mol. The monoisotopic (exact) mass is 240 g/mol. The molecule has 1 fully saturated rings. The van der Waals surface area contributed by atoms with Gasteiger partial charge in [0.05, 0.1) is 0 Å². The Morgan fingerprint density at radius 2 is 1.94 bits per heavy atom. The Kier molecular flexibility index (Phi) is 7.25. The third kappa shape index (κ3) is 5.53. The number of rotatable bonds is 8. The Morgan fingerprint density at radius 3 is 2.59 bits per heavy atom. The summed E-state index contributed by atoms with van der Waals surface area (Å²) in [6.45, 7) is 4.26. The first-order valence-electron chi connectivity index (χ1n) is 7.22. The molecule has 0 spiro atoms. The van der Waals surface area contributed by atoms with E-state index in [1.165, 1.54) is 32.1 Å². The highest BCUT2D eigenvalue weighted by molar-refractivity contribution is 5.76. The number of carbonyl (C=O) groups is 1. The summed E-state index contributed by atoms with van der Waals surface area (Å²) in [5, 5.41) is 3.30. The SMILES string of the molecule is CCCCCCCCC(=O)N(C)C1CCNC1. The Morgan fingerprint density at radius 1 is 1.24 bits per heavy atom. The maximum atomic E-state index is 11.9. The summed E-state index contributed by atoms with van der Waals surface area (Å²) in [5.41, 5.74) is 0. The summed E-state index contributed by atoms with van der Waals surface area (Å²) >= 11 is 0. The van der Waals surface area contributed by atoms with Crippen molar-refractivity contribution in [2.24, 2.45) is 0 Å². The molecule has 1 aliphatic heterocycles. The molecule has 1 aliphatic rings. The Labute approximate surface area is 106 Å². The fraction of sp³-hybridized carbons (Fsp3) is 0.929. The second-order valence-electron chi connectivity index (χ2n) is 5.17. The van der Waals surface area contributed by atoms with Gasteiger partial charge in [-0.05, 0) is 19.4 Å². The van der Waals surface area contributed by atoms with Crippen molar-refractivity contribution in [2.45, 2.75) is 64.3 Å². The second kappa shape index (κ2) is 8.51. The van der Waals surface area contributed by atoms with Crippen LogP contribution in [0.1, 0.15) is 58.3 Å².